The number of carbonyl (C=O) groups is 2. The van der Waals surface area contributed by atoms with Crippen molar-refractivity contribution in [2.75, 3.05) is 11.9 Å². The van der Waals surface area contributed by atoms with Gasteiger partial charge in [0.05, 0.1) is 16.1 Å². The van der Waals surface area contributed by atoms with Crippen molar-refractivity contribution in [3.05, 3.63) is 51.9 Å². The number of halogens is 2. The molecule has 25 heavy (non-hydrogen) atoms. The molecule has 2 amide bonds. The molecule has 1 aliphatic rings. The van der Waals surface area contributed by atoms with Gasteiger partial charge in [-0.1, -0.05) is 23.7 Å². The molecule has 1 atom stereocenters. The van der Waals surface area contributed by atoms with E-state index in [9.17, 15) is 9.59 Å². The molecule has 1 aromatic carbocycles. The molecule has 134 valence electrons. The van der Waals surface area contributed by atoms with Gasteiger partial charge >= 0.3 is 0 Å². The van der Waals surface area contributed by atoms with Crippen LogP contribution in [0.1, 0.15) is 33.6 Å². The van der Waals surface area contributed by atoms with Crippen molar-refractivity contribution in [3.63, 3.8) is 0 Å². The summed E-state index contributed by atoms with van der Waals surface area (Å²) in [7, 11) is 0. The van der Waals surface area contributed by atoms with Gasteiger partial charge in [0, 0.05) is 12.6 Å². The van der Waals surface area contributed by atoms with E-state index in [1.54, 1.807) is 35.7 Å². The van der Waals surface area contributed by atoms with E-state index in [0.717, 1.165) is 12.8 Å². The molecular weight excluding hydrogens is 381 g/mol. The zero-order chi connectivity index (χ0) is 17.1. The van der Waals surface area contributed by atoms with E-state index >= 15 is 0 Å². The number of hydrogen-bond donors (Lipinski definition) is 3. The first kappa shape index (κ1) is 19.7. The Kier molecular flexibility index (Phi) is 6.84. The lowest BCUT2D eigenvalue weighted by atomic mass is 10.2. The van der Waals surface area contributed by atoms with Crippen molar-refractivity contribution < 1.29 is 9.59 Å². The SMILES string of the molecule is Cl.NC(CNC(=O)c1ccsc1NC(=O)c1ccccc1Cl)C1CC1. The molecule has 2 aromatic rings. The average molecular weight is 400 g/mol. The molecule has 1 saturated carbocycles. The number of rotatable bonds is 6. The van der Waals surface area contributed by atoms with Gasteiger partial charge in [0.2, 0.25) is 0 Å². The maximum atomic E-state index is 12.3. The summed E-state index contributed by atoms with van der Waals surface area (Å²) in [5, 5.41) is 8.22. The molecule has 4 N–H and O–H groups in total. The molecule has 0 spiro atoms. The van der Waals surface area contributed by atoms with Gasteiger partial charge in [-0.3, -0.25) is 9.59 Å². The van der Waals surface area contributed by atoms with Crippen molar-refractivity contribution in [1.29, 1.82) is 0 Å². The first-order valence-corrected chi connectivity index (χ1v) is 8.99. The van der Waals surface area contributed by atoms with Crippen molar-refractivity contribution in [2.24, 2.45) is 11.7 Å². The summed E-state index contributed by atoms with van der Waals surface area (Å²) < 4.78 is 0. The average Bonchev–Trinajstić information content (AvgIpc) is 3.32. The molecule has 0 bridgehead atoms. The minimum atomic E-state index is -0.341. The van der Waals surface area contributed by atoms with Gasteiger partial charge in [-0.2, -0.15) is 0 Å². The largest absolute Gasteiger partial charge is 0.350 e. The summed E-state index contributed by atoms with van der Waals surface area (Å²) in [6.07, 6.45) is 2.27. The third-order valence-corrected chi connectivity index (χ3v) is 5.14. The van der Waals surface area contributed by atoms with E-state index < -0.39 is 0 Å². The molecule has 5 nitrogen and oxygen atoms in total. The van der Waals surface area contributed by atoms with Gasteiger partial charge in [-0.05, 0) is 42.3 Å². The summed E-state index contributed by atoms with van der Waals surface area (Å²) in [6, 6.07) is 8.46. The number of nitrogens with two attached hydrogens (primary N) is 1. The molecule has 1 fully saturated rings. The topological polar surface area (TPSA) is 84.2 Å². The van der Waals surface area contributed by atoms with Gasteiger partial charge in [-0.25, -0.2) is 0 Å². The van der Waals surface area contributed by atoms with Gasteiger partial charge in [0.15, 0.2) is 0 Å². The maximum Gasteiger partial charge on any atom is 0.257 e. The second-order valence-corrected chi connectivity index (χ2v) is 7.13. The van der Waals surface area contributed by atoms with Crippen LogP contribution in [-0.2, 0) is 0 Å². The number of thiophene rings is 1. The molecule has 1 aliphatic carbocycles. The highest BCUT2D eigenvalue weighted by Gasteiger charge is 2.28. The summed E-state index contributed by atoms with van der Waals surface area (Å²) in [5.74, 6) is -0.0549. The van der Waals surface area contributed by atoms with E-state index in [1.807, 2.05) is 0 Å². The van der Waals surface area contributed by atoms with Gasteiger partial charge in [0.1, 0.15) is 5.00 Å². The van der Waals surface area contributed by atoms with Crippen LogP contribution in [0.5, 0.6) is 0 Å². The molecule has 1 aromatic heterocycles. The molecule has 8 heteroatoms. The minimum Gasteiger partial charge on any atom is -0.350 e. The summed E-state index contributed by atoms with van der Waals surface area (Å²) in [5.41, 5.74) is 6.80. The van der Waals surface area contributed by atoms with Crippen LogP contribution in [0.15, 0.2) is 35.7 Å². The molecular formula is C17H19Cl2N3O2S. The number of benzene rings is 1. The van der Waals surface area contributed by atoms with E-state index in [0.29, 0.717) is 33.6 Å². The Morgan fingerprint density at radius 2 is 1.92 bits per heavy atom. The first-order valence-electron chi connectivity index (χ1n) is 7.73. The predicted octanol–water partition coefficient (Wildman–Crippen LogP) is 3.54. The van der Waals surface area contributed by atoms with Crippen LogP contribution in [0.3, 0.4) is 0 Å². The minimum absolute atomic E-state index is 0. The molecule has 3 rings (SSSR count). The zero-order valence-electron chi connectivity index (χ0n) is 13.3. The number of hydrogen-bond acceptors (Lipinski definition) is 4. The quantitative estimate of drug-likeness (QED) is 0.694. The van der Waals surface area contributed by atoms with Gasteiger partial charge in [0.25, 0.3) is 11.8 Å². The van der Waals surface area contributed by atoms with Crippen molar-refractivity contribution in [2.45, 2.75) is 18.9 Å². The monoisotopic (exact) mass is 399 g/mol. The lowest BCUT2D eigenvalue weighted by Gasteiger charge is -2.12. The van der Waals surface area contributed by atoms with Crippen LogP contribution in [0.25, 0.3) is 0 Å². The van der Waals surface area contributed by atoms with Crippen LogP contribution < -0.4 is 16.4 Å². The zero-order valence-corrected chi connectivity index (χ0v) is 15.7. The molecule has 1 heterocycles. The fourth-order valence-electron chi connectivity index (χ4n) is 2.40. The normalized spacial score (nSPS) is 14.3. The standard InChI is InChI=1S/C17H18ClN3O2S.ClH/c18-13-4-2-1-3-11(13)16(23)21-17-12(7-8-24-17)15(22)20-9-14(19)10-5-6-10;/h1-4,7-8,10,14H,5-6,9,19H2,(H,20,22)(H,21,23);1H. The fraction of sp³-hybridized carbons (Fsp3) is 0.294. The highest BCUT2D eigenvalue weighted by Crippen LogP contribution is 2.31. The summed E-state index contributed by atoms with van der Waals surface area (Å²) >= 11 is 7.32. The lowest BCUT2D eigenvalue weighted by molar-refractivity contribution is 0.0951. The van der Waals surface area contributed by atoms with Crippen LogP contribution in [0.2, 0.25) is 5.02 Å². The Labute approximate surface area is 161 Å². The number of anilines is 1. The van der Waals surface area contributed by atoms with Crippen molar-refractivity contribution in [1.82, 2.24) is 5.32 Å². The van der Waals surface area contributed by atoms with E-state index in [-0.39, 0.29) is 30.3 Å². The Hall–Kier alpha value is -1.60. The third kappa shape index (κ3) is 4.95. The van der Waals surface area contributed by atoms with E-state index in [4.69, 9.17) is 17.3 Å². The smallest absolute Gasteiger partial charge is 0.257 e. The van der Waals surface area contributed by atoms with E-state index in [1.165, 1.54) is 11.3 Å². The molecule has 1 unspecified atom stereocenters. The Bertz CT molecular complexity index is 762. The number of amides is 2. The van der Waals surface area contributed by atoms with Crippen LogP contribution in [0.4, 0.5) is 5.00 Å². The molecule has 0 saturated heterocycles. The van der Waals surface area contributed by atoms with Gasteiger partial charge in [-0.15, -0.1) is 23.7 Å². The Morgan fingerprint density at radius 3 is 2.60 bits per heavy atom. The third-order valence-electron chi connectivity index (χ3n) is 3.98. The van der Waals surface area contributed by atoms with Crippen LogP contribution in [0, 0.1) is 5.92 Å². The summed E-state index contributed by atoms with van der Waals surface area (Å²) in [6.45, 7) is 0.442. The lowest BCUT2D eigenvalue weighted by Crippen LogP contribution is -2.38. The van der Waals surface area contributed by atoms with Gasteiger partial charge < -0.3 is 16.4 Å². The van der Waals surface area contributed by atoms with Crippen LogP contribution in [-0.4, -0.2) is 24.4 Å². The maximum absolute atomic E-state index is 12.3. The van der Waals surface area contributed by atoms with Crippen molar-refractivity contribution in [3.8, 4) is 0 Å². The Morgan fingerprint density at radius 1 is 1.20 bits per heavy atom. The number of carbonyl (C=O) groups excluding carboxylic acids is 2. The molecule has 0 radical (unpaired) electrons. The van der Waals surface area contributed by atoms with E-state index in [2.05, 4.69) is 10.6 Å². The second-order valence-electron chi connectivity index (χ2n) is 5.81. The number of nitrogens with one attached hydrogen (secondary N) is 2. The molecule has 0 aliphatic heterocycles. The first-order chi connectivity index (χ1) is 11.6. The highest BCUT2D eigenvalue weighted by atomic mass is 35.5. The summed E-state index contributed by atoms with van der Waals surface area (Å²) in [4.78, 5) is 24.7. The Balaban J connectivity index is 0.00000225. The second kappa shape index (κ2) is 8.67. The fourth-order valence-corrected chi connectivity index (χ4v) is 3.40. The highest BCUT2D eigenvalue weighted by molar-refractivity contribution is 7.14. The van der Waals surface area contributed by atoms with Crippen LogP contribution >= 0.6 is 35.3 Å². The predicted molar refractivity (Wildman–Crippen MR) is 104 cm³/mol. The van der Waals surface area contributed by atoms with Crippen molar-refractivity contribution >= 4 is 52.2 Å².